The van der Waals surface area contributed by atoms with Crippen molar-refractivity contribution in [2.75, 3.05) is 30.9 Å². The SMILES string of the molecule is CN(C)c1ccc(NC(=O)CN2C(=O)[C@H]3CC=CC[C@H]3C2=O)cc1. The van der Waals surface area contributed by atoms with Gasteiger partial charge in [0.2, 0.25) is 17.7 Å². The van der Waals surface area contributed by atoms with Crippen LogP contribution in [-0.2, 0) is 14.4 Å². The number of nitrogens with zero attached hydrogens (tertiary/aromatic N) is 2. The minimum atomic E-state index is -0.360. The van der Waals surface area contributed by atoms with Gasteiger partial charge in [-0.2, -0.15) is 0 Å². The van der Waals surface area contributed by atoms with Gasteiger partial charge in [-0.25, -0.2) is 0 Å². The van der Waals surface area contributed by atoms with E-state index in [-0.39, 0.29) is 36.1 Å². The lowest BCUT2D eigenvalue weighted by Gasteiger charge is -2.15. The monoisotopic (exact) mass is 327 g/mol. The second-order valence-electron chi connectivity index (χ2n) is 6.41. The number of likely N-dealkylation sites (tertiary alicyclic amines) is 1. The molecule has 2 aliphatic rings. The Morgan fingerprint density at radius 3 is 2.12 bits per heavy atom. The third-order valence-electron chi connectivity index (χ3n) is 4.57. The number of amides is 3. The highest BCUT2D eigenvalue weighted by atomic mass is 16.2. The fraction of sp³-hybridized carbons (Fsp3) is 0.389. The first kappa shape index (κ1) is 16.2. The van der Waals surface area contributed by atoms with Crippen LogP contribution in [0.1, 0.15) is 12.8 Å². The minimum absolute atomic E-state index is 0.222. The smallest absolute Gasteiger partial charge is 0.244 e. The molecule has 1 aliphatic heterocycles. The number of allylic oxidation sites excluding steroid dienone is 2. The standard InChI is InChI=1S/C18H21N3O3/c1-20(2)13-9-7-12(8-10-13)19-16(22)11-21-17(23)14-5-3-4-6-15(14)18(21)24/h3-4,7-10,14-15H,5-6,11H2,1-2H3,(H,19,22)/t14-,15+. The number of carbonyl (C=O) groups excluding carboxylic acids is 3. The van der Waals surface area contributed by atoms with Crippen molar-refractivity contribution in [3.63, 3.8) is 0 Å². The molecule has 2 atom stereocenters. The van der Waals surface area contributed by atoms with Gasteiger partial charge in [-0.15, -0.1) is 0 Å². The van der Waals surface area contributed by atoms with Crippen LogP contribution in [0, 0.1) is 11.8 Å². The number of carbonyl (C=O) groups is 3. The van der Waals surface area contributed by atoms with Crippen LogP contribution in [-0.4, -0.2) is 43.3 Å². The van der Waals surface area contributed by atoms with E-state index in [0.717, 1.165) is 10.6 Å². The molecule has 0 spiro atoms. The number of hydrogen-bond donors (Lipinski definition) is 1. The molecule has 0 radical (unpaired) electrons. The van der Waals surface area contributed by atoms with Gasteiger partial charge in [0.05, 0.1) is 11.8 Å². The van der Waals surface area contributed by atoms with E-state index in [1.807, 2.05) is 43.3 Å². The van der Waals surface area contributed by atoms with Crippen LogP contribution in [0.2, 0.25) is 0 Å². The number of rotatable bonds is 4. The summed E-state index contributed by atoms with van der Waals surface area (Å²) in [5.74, 6) is -1.41. The number of fused-ring (bicyclic) bond motifs is 1. The van der Waals surface area contributed by atoms with Crippen LogP contribution < -0.4 is 10.2 Å². The van der Waals surface area contributed by atoms with Crippen molar-refractivity contribution >= 4 is 29.1 Å². The molecule has 0 bridgehead atoms. The molecule has 24 heavy (non-hydrogen) atoms. The first-order valence-corrected chi connectivity index (χ1v) is 8.05. The molecular formula is C18H21N3O3. The normalized spacial score (nSPS) is 22.5. The molecule has 126 valence electrons. The Morgan fingerprint density at radius 1 is 1.08 bits per heavy atom. The lowest BCUT2D eigenvalue weighted by atomic mass is 9.85. The third kappa shape index (κ3) is 3.04. The topological polar surface area (TPSA) is 69.7 Å². The molecule has 0 saturated carbocycles. The summed E-state index contributed by atoms with van der Waals surface area (Å²) in [7, 11) is 3.87. The highest BCUT2D eigenvalue weighted by molar-refractivity contribution is 6.08. The second-order valence-corrected chi connectivity index (χ2v) is 6.41. The van der Waals surface area contributed by atoms with E-state index in [9.17, 15) is 14.4 Å². The van der Waals surface area contributed by atoms with Gasteiger partial charge in [-0.3, -0.25) is 19.3 Å². The van der Waals surface area contributed by atoms with Crippen molar-refractivity contribution in [2.45, 2.75) is 12.8 Å². The van der Waals surface area contributed by atoms with E-state index in [0.29, 0.717) is 18.5 Å². The number of hydrogen-bond acceptors (Lipinski definition) is 4. The van der Waals surface area contributed by atoms with Gasteiger partial charge in [0, 0.05) is 25.5 Å². The van der Waals surface area contributed by atoms with E-state index >= 15 is 0 Å². The molecule has 6 heteroatoms. The number of benzene rings is 1. The molecule has 3 amide bonds. The molecule has 6 nitrogen and oxygen atoms in total. The van der Waals surface area contributed by atoms with Gasteiger partial charge < -0.3 is 10.2 Å². The molecule has 1 aromatic rings. The maximum absolute atomic E-state index is 12.3. The Morgan fingerprint density at radius 2 is 1.62 bits per heavy atom. The zero-order valence-corrected chi connectivity index (χ0v) is 13.9. The van der Waals surface area contributed by atoms with Crippen molar-refractivity contribution in [3.05, 3.63) is 36.4 Å². The van der Waals surface area contributed by atoms with Crippen LogP contribution >= 0.6 is 0 Å². The average molecular weight is 327 g/mol. The van der Waals surface area contributed by atoms with E-state index in [1.54, 1.807) is 12.1 Å². The number of anilines is 2. The van der Waals surface area contributed by atoms with Crippen molar-refractivity contribution in [2.24, 2.45) is 11.8 Å². The summed E-state index contributed by atoms with van der Waals surface area (Å²) in [4.78, 5) is 40.0. The Labute approximate surface area is 141 Å². The van der Waals surface area contributed by atoms with Gasteiger partial charge in [0.25, 0.3) is 0 Å². The second kappa shape index (κ2) is 6.47. The molecule has 3 rings (SSSR count). The van der Waals surface area contributed by atoms with Gasteiger partial charge in [-0.05, 0) is 37.1 Å². The van der Waals surface area contributed by atoms with Crippen molar-refractivity contribution < 1.29 is 14.4 Å². The lowest BCUT2D eigenvalue weighted by molar-refractivity contribution is -0.142. The third-order valence-corrected chi connectivity index (χ3v) is 4.57. The first-order chi connectivity index (χ1) is 11.5. The van der Waals surface area contributed by atoms with E-state index < -0.39 is 0 Å². The zero-order chi connectivity index (χ0) is 17.3. The predicted octanol–water partition coefficient (Wildman–Crippen LogP) is 1.64. The van der Waals surface area contributed by atoms with Crippen LogP contribution in [0.5, 0.6) is 0 Å². The van der Waals surface area contributed by atoms with E-state index in [1.165, 1.54) is 0 Å². The summed E-state index contributed by atoms with van der Waals surface area (Å²) in [6.07, 6.45) is 5.03. The van der Waals surface area contributed by atoms with Crippen molar-refractivity contribution in [1.29, 1.82) is 0 Å². The number of nitrogens with one attached hydrogen (secondary N) is 1. The summed E-state index contributed by atoms with van der Waals surface area (Å²) in [5, 5.41) is 2.74. The van der Waals surface area contributed by atoms with Crippen LogP contribution in [0.3, 0.4) is 0 Å². The summed E-state index contributed by atoms with van der Waals surface area (Å²) in [6.45, 7) is -0.222. The molecule has 1 aromatic carbocycles. The van der Waals surface area contributed by atoms with Gasteiger partial charge in [-0.1, -0.05) is 12.2 Å². The average Bonchev–Trinajstić information content (AvgIpc) is 2.81. The highest BCUT2D eigenvalue weighted by Gasteiger charge is 2.47. The van der Waals surface area contributed by atoms with E-state index in [4.69, 9.17) is 0 Å². The Kier molecular flexibility index (Phi) is 4.38. The lowest BCUT2D eigenvalue weighted by Crippen LogP contribution is -2.38. The maximum atomic E-state index is 12.3. The zero-order valence-electron chi connectivity index (χ0n) is 13.9. The summed E-state index contributed by atoms with van der Waals surface area (Å²) < 4.78 is 0. The Hall–Kier alpha value is -2.63. The Balaban J connectivity index is 1.62. The largest absolute Gasteiger partial charge is 0.378 e. The summed E-state index contributed by atoms with van der Waals surface area (Å²) in [6, 6.07) is 7.37. The molecule has 0 aromatic heterocycles. The quantitative estimate of drug-likeness (QED) is 0.674. The molecule has 1 N–H and O–H groups in total. The molecule has 1 heterocycles. The van der Waals surface area contributed by atoms with Gasteiger partial charge >= 0.3 is 0 Å². The summed E-state index contributed by atoms with van der Waals surface area (Å²) in [5.41, 5.74) is 1.67. The summed E-state index contributed by atoms with van der Waals surface area (Å²) >= 11 is 0. The molecular weight excluding hydrogens is 306 g/mol. The molecule has 1 aliphatic carbocycles. The molecule has 1 fully saturated rings. The predicted molar refractivity (Wildman–Crippen MR) is 91.5 cm³/mol. The van der Waals surface area contributed by atoms with Crippen LogP contribution in [0.25, 0.3) is 0 Å². The first-order valence-electron chi connectivity index (χ1n) is 8.05. The van der Waals surface area contributed by atoms with Gasteiger partial charge in [0.1, 0.15) is 6.54 Å². The highest BCUT2D eigenvalue weighted by Crippen LogP contribution is 2.34. The minimum Gasteiger partial charge on any atom is -0.378 e. The van der Waals surface area contributed by atoms with Gasteiger partial charge in [0.15, 0.2) is 0 Å². The molecule has 0 unspecified atom stereocenters. The number of imide groups is 1. The fourth-order valence-corrected chi connectivity index (χ4v) is 3.21. The maximum Gasteiger partial charge on any atom is 0.244 e. The van der Waals surface area contributed by atoms with E-state index in [2.05, 4.69) is 5.32 Å². The fourth-order valence-electron chi connectivity index (χ4n) is 3.21. The molecule has 1 saturated heterocycles. The Bertz CT molecular complexity index is 668. The van der Waals surface area contributed by atoms with Crippen LogP contribution in [0.15, 0.2) is 36.4 Å². The van der Waals surface area contributed by atoms with Crippen molar-refractivity contribution in [3.8, 4) is 0 Å². The van der Waals surface area contributed by atoms with Crippen molar-refractivity contribution in [1.82, 2.24) is 4.90 Å². The van der Waals surface area contributed by atoms with Crippen LogP contribution in [0.4, 0.5) is 11.4 Å².